The maximum Gasteiger partial charge on any atom is 0.120 e. The zero-order valence-corrected chi connectivity index (χ0v) is 12.4. The van der Waals surface area contributed by atoms with Gasteiger partial charge in [0.2, 0.25) is 0 Å². The number of carbonyl (C=O) groups is 2. The highest BCUT2D eigenvalue weighted by molar-refractivity contribution is 5.49. The third kappa shape index (κ3) is 13.5. The molecule has 3 nitrogen and oxygen atoms in total. The van der Waals surface area contributed by atoms with Crippen molar-refractivity contribution in [1.29, 1.82) is 0 Å². The molecular weight excluding hydrogens is 240 g/mol. The number of aliphatic hydroxyl groups excluding tert-OH is 1. The first kappa shape index (κ1) is 18.3. The van der Waals surface area contributed by atoms with Gasteiger partial charge in [-0.2, -0.15) is 0 Å². The molecule has 0 aliphatic heterocycles. The van der Waals surface area contributed by atoms with E-state index in [1.807, 2.05) is 0 Å². The number of hydrogen-bond acceptors (Lipinski definition) is 3. The summed E-state index contributed by atoms with van der Waals surface area (Å²) in [5.41, 5.74) is 0. The summed E-state index contributed by atoms with van der Waals surface area (Å²) in [5.74, 6) is 0.434. The van der Waals surface area contributed by atoms with Gasteiger partial charge in [0.1, 0.15) is 12.6 Å². The van der Waals surface area contributed by atoms with Crippen LogP contribution in [0.25, 0.3) is 0 Å². The highest BCUT2D eigenvalue weighted by atomic mass is 16.3. The summed E-state index contributed by atoms with van der Waals surface area (Å²) < 4.78 is 0. The average molecular weight is 270 g/mol. The van der Waals surface area contributed by atoms with Crippen LogP contribution in [0.1, 0.15) is 77.6 Å². The lowest BCUT2D eigenvalue weighted by Gasteiger charge is -2.15. The normalized spacial score (nSPS) is 14.0. The second kappa shape index (κ2) is 13.7. The molecular formula is C16H30O3. The Bertz CT molecular complexity index is 216. The van der Waals surface area contributed by atoms with Gasteiger partial charge in [0.15, 0.2) is 0 Å². The van der Waals surface area contributed by atoms with E-state index in [0.717, 1.165) is 51.1 Å². The van der Waals surface area contributed by atoms with E-state index in [4.69, 9.17) is 0 Å². The second-order valence-electron chi connectivity index (χ2n) is 5.60. The molecule has 1 N–H and O–H groups in total. The van der Waals surface area contributed by atoms with Crippen molar-refractivity contribution in [3.8, 4) is 0 Å². The molecule has 0 saturated carbocycles. The molecule has 0 aromatic carbocycles. The first-order valence-electron chi connectivity index (χ1n) is 7.76. The Balaban J connectivity index is 3.30. The Kier molecular flexibility index (Phi) is 13.2. The monoisotopic (exact) mass is 270 g/mol. The van der Waals surface area contributed by atoms with Gasteiger partial charge in [0.25, 0.3) is 0 Å². The van der Waals surface area contributed by atoms with Gasteiger partial charge in [-0.1, -0.05) is 39.0 Å². The molecule has 0 fully saturated rings. The fourth-order valence-electron chi connectivity index (χ4n) is 2.37. The minimum absolute atomic E-state index is 0.211. The highest BCUT2D eigenvalue weighted by Gasteiger charge is 2.09. The van der Waals surface area contributed by atoms with Crippen LogP contribution in [0.2, 0.25) is 0 Å². The van der Waals surface area contributed by atoms with Gasteiger partial charge >= 0.3 is 0 Å². The predicted octanol–water partition coefficient (Wildman–Crippen LogP) is 3.67. The van der Waals surface area contributed by atoms with E-state index in [1.54, 1.807) is 0 Å². The van der Waals surface area contributed by atoms with Crippen molar-refractivity contribution in [2.75, 3.05) is 0 Å². The molecule has 2 atom stereocenters. The summed E-state index contributed by atoms with van der Waals surface area (Å²) in [6, 6.07) is 0. The molecule has 0 heterocycles. The van der Waals surface area contributed by atoms with Crippen molar-refractivity contribution in [3.63, 3.8) is 0 Å². The molecule has 0 aromatic heterocycles. The molecule has 0 aliphatic carbocycles. The van der Waals surface area contributed by atoms with E-state index >= 15 is 0 Å². The Labute approximate surface area is 117 Å². The minimum atomic E-state index is -0.211. The molecule has 0 amide bonds. The Hall–Kier alpha value is -0.700. The maximum absolute atomic E-state index is 10.3. The van der Waals surface area contributed by atoms with Gasteiger partial charge in [0, 0.05) is 12.8 Å². The van der Waals surface area contributed by atoms with Gasteiger partial charge < -0.3 is 14.7 Å². The zero-order chi connectivity index (χ0) is 14.3. The van der Waals surface area contributed by atoms with Gasteiger partial charge in [-0.3, -0.25) is 0 Å². The Morgan fingerprint density at radius 2 is 1.42 bits per heavy atom. The molecule has 0 saturated heterocycles. The van der Waals surface area contributed by atoms with E-state index in [1.165, 1.54) is 19.3 Å². The molecule has 3 heteroatoms. The number of aldehydes is 2. The largest absolute Gasteiger partial charge is 0.393 e. The molecule has 0 radical (unpaired) electrons. The van der Waals surface area contributed by atoms with Crippen molar-refractivity contribution in [3.05, 3.63) is 0 Å². The minimum Gasteiger partial charge on any atom is -0.393 e. The van der Waals surface area contributed by atoms with E-state index < -0.39 is 0 Å². The van der Waals surface area contributed by atoms with Crippen LogP contribution in [0, 0.1) is 5.92 Å². The summed E-state index contributed by atoms with van der Waals surface area (Å²) in [6.45, 7) is 2.10. The molecule has 0 bridgehead atoms. The van der Waals surface area contributed by atoms with Crippen LogP contribution < -0.4 is 0 Å². The average Bonchev–Trinajstić information content (AvgIpc) is 2.39. The smallest absolute Gasteiger partial charge is 0.120 e. The van der Waals surface area contributed by atoms with Gasteiger partial charge in [-0.05, 0) is 31.6 Å². The molecule has 2 unspecified atom stereocenters. The van der Waals surface area contributed by atoms with E-state index in [9.17, 15) is 14.7 Å². The van der Waals surface area contributed by atoms with Gasteiger partial charge in [0.05, 0.1) is 6.10 Å². The van der Waals surface area contributed by atoms with Crippen molar-refractivity contribution in [2.45, 2.75) is 83.7 Å². The highest BCUT2D eigenvalue weighted by Crippen LogP contribution is 2.16. The predicted molar refractivity (Wildman–Crippen MR) is 78.1 cm³/mol. The SMILES string of the molecule is CC(CCC=O)CC(O)CCCCCCCCC=O. The number of unbranched alkanes of at least 4 members (excludes halogenated alkanes) is 6. The van der Waals surface area contributed by atoms with Crippen LogP contribution in [0.5, 0.6) is 0 Å². The maximum atomic E-state index is 10.3. The lowest BCUT2D eigenvalue weighted by molar-refractivity contribution is -0.108. The lowest BCUT2D eigenvalue weighted by Crippen LogP contribution is -2.11. The van der Waals surface area contributed by atoms with Crippen molar-refractivity contribution < 1.29 is 14.7 Å². The number of aliphatic hydroxyl groups is 1. The second-order valence-corrected chi connectivity index (χ2v) is 5.60. The lowest BCUT2D eigenvalue weighted by atomic mass is 9.95. The van der Waals surface area contributed by atoms with Crippen LogP contribution in [-0.4, -0.2) is 23.8 Å². The van der Waals surface area contributed by atoms with E-state index in [-0.39, 0.29) is 6.10 Å². The quantitative estimate of drug-likeness (QED) is 0.387. The van der Waals surface area contributed by atoms with Gasteiger partial charge in [-0.15, -0.1) is 0 Å². The van der Waals surface area contributed by atoms with Crippen LogP contribution in [0.15, 0.2) is 0 Å². The molecule has 112 valence electrons. The zero-order valence-electron chi connectivity index (χ0n) is 12.4. The third-order valence-electron chi connectivity index (χ3n) is 3.56. The summed E-state index contributed by atoms with van der Waals surface area (Å²) in [6.07, 6.45) is 12.4. The van der Waals surface area contributed by atoms with Crippen LogP contribution >= 0.6 is 0 Å². The first-order chi connectivity index (χ1) is 9.20. The standard InChI is InChI=1S/C16H30O3/c1-15(10-9-13-18)14-16(19)11-7-5-3-2-4-6-8-12-17/h12-13,15-16,19H,2-11,14H2,1H3. The molecule has 0 rings (SSSR count). The van der Waals surface area contributed by atoms with Crippen molar-refractivity contribution >= 4 is 12.6 Å². The number of carbonyl (C=O) groups excluding carboxylic acids is 2. The Morgan fingerprint density at radius 3 is 2.05 bits per heavy atom. The molecule has 0 spiro atoms. The fourth-order valence-corrected chi connectivity index (χ4v) is 2.37. The molecule has 0 aromatic rings. The van der Waals surface area contributed by atoms with Crippen LogP contribution in [0.4, 0.5) is 0 Å². The molecule has 0 aliphatic rings. The third-order valence-corrected chi connectivity index (χ3v) is 3.56. The first-order valence-corrected chi connectivity index (χ1v) is 7.76. The van der Waals surface area contributed by atoms with Crippen LogP contribution in [0.3, 0.4) is 0 Å². The van der Waals surface area contributed by atoms with Gasteiger partial charge in [-0.25, -0.2) is 0 Å². The summed E-state index contributed by atoms with van der Waals surface area (Å²) in [7, 11) is 0. The summed E-state index contributed by atoms with van der Waals surface area (Å²) >= 11 is 0. The summed E-state index contributed by atoms with van der Waals surface area (Å²) in [5, 5.41) is 9.86. The number of hydrogen-bond donors (Lipinski definition) is 1. The van der Waals surface area contributed by atoms with E-state index in [2.05, 4.69) is 6.92 Å². The number of rotatable bonds is 14. The van der Waals surface area contributed by atoms with Crippen LogP contribution in [-0.2, 0) is 9.59 Å². The fraction of sp³-hybridized carbons (Fsp3) is 0.875. The van der Waals surface area contributed by atoms with Crippen molar-refractivity contribution in [1.82, 2.24) is 0 Å². The molecule has 19 heavy (non-hydrogen) atoms. The Morgan fingerprint density at radius 1 is 0.842 bits per heavy atom. The topological polar surface area (TPSA) is 54.4 Å². The van der Waals surface area contributed by atoms with E-state index in [0.29, 0.717) is 18.8 Å². The van der Waals surface area contributed by atoms with Crippen molar-refractivity contribution in [2.24, 2.45) is 5.92 Å². The summed E-state index contributed by atoms with van der Waals surface area (Å²) in [4.78, 5) is 20.4.